The molecule has 0 aliphatic carbocycles. The molecule has 3 aromatic carbocycles. The molecule has 1 N–H and O–H groups in total. The summed E-state index contributed by atoms with van der Waals surface area (Å²) in [5.41, 5.74) is 2.29. The molecule has 7 heteroatoms. The van der Waals surface area contributed by atoms with Gasteiger partial charge < -0.3 is 14.2 Å². The molecule has 0 spiro atoms. The summed E-state index contributed by atoms with van der Waals surface area (Å²) in [6.07, 6.45) is 0.131. The standard InChI is InChI=1S/C27H31NO5S/c1-20-10-16-24(17-11-20)34(30,31)33-23-14-12-22(13-15-23)25(18-26(29)32-27(2,3)4)28-19-21-8-6-5-7-9-21/h5-17,25,28H,18-19H2,1-4H3. The van der Waals surface area contributed by atoms with Gasteiger partial charge in [0, 0.05) is 12.6 Å². The summed E-state index contributed by atoms with van der Waals surface area (Å²) < 4.78 is 36.0. The van der Waals surface area contributed by atoms with E-state index in [1.807, 2.05) is 58.0 Å². The molecule has 1 atom stereocenters. The molecule has 0 heterocycles. The van der Waals surface area contributed by atoms with E-state index in [1.54, 1.807) is 36.4 Å². The van der Waals surface area contributed by atoms with Gasteiger partial charge in [-0.2, -0.15) is 8.42 Å². The van der Waals surface area contributed by atoms with Crippen molar-refractivity contribution in [3.63, 3.8) is 0 Å². The molecule has 0 bridgehead atoms. The van der Waals surface area contributed by atoms with E-state index < -0.39 is 15.7 Å². The number of esters is 1. The monoisotopic (exact) mass is 481 g/mol. The minimum atomic E-state index is -3.94. The molecule has 0 fully saturated rings. The van der Waals surface area contributed by atoms with Gasteiger partial charge >= 0.3 is 16.1 Å². The first-order chi connectivity index (χ1) is 16.0. The number of benzene rings is 3. The van der Waals surface area contributed by atoms with E-state index in [1.165, 1.54) is 12.1 Å². The van der Waals surface area contributed by atoms with Gasteiger partial charge in [0.1, 0.15) is 16.2 Å². The summed E-state index contributed by atoms with van der Waals surface area (Å²) in [7, 11) is -3.94. The fourth-order valence-corrected chi connectivity index (χ4v) is 4.26. The quantitative estimate of drug-likeness (QED) is 0.329. The fourth-order valence-electron chi connectivity index (χ4n) is 3.33. The molecule has 3 aromatic rings. The number of carbonyl (C=O) groups excluding carboxylic acids is 1. The van der Waals surface area contributed by atoms with Crippen LogP contribution in [0.3, 0.4) is 0 Å². The van der Waals surface area contributed by atoms with Gasteiger partial charge in [-0.25, -0.2) is 0 Å². The molecule has 0 aliphatic rings. The van der Waals surface area contributed by atoms with Crippen molar-refractivity contribution in [2.75, 3.05) is 0 Å². The van der Waals surface area contributed by atoms with Crippen molar-refractivity contribution in [2.24, 2.45) is 0 Å². The Balaban J connectivity index is 1.75. The maximum atomic E-state index is 12.6. The van der Waals surface area contributed by atoms with Crippen LogP contribution in [-0.4, -0.2) is 20.0 Å². The van der Waals surface area contributed by atoms with Gasteiger partial charge in [-0.05, 0) is 63.1 Å². The second kappa shape index (κ2) is 10.8. The van der Waals surface area contributed by atoms with Crippen LogP contribution < -0.4 is 9.50 Å². The lowest BCUT2D eigenvalue weighted by atomic mass is 10.0. The van der Waals surface area contributed by atoms with Crippen LogP contribution in [0, 0.1) is 6.92 Å². The largest absolute Gasteiger partial charge is 0.460 e. The van der Waals surface area contributed by atoms with Crippen molar-refractivity contribution in [3.05, 3.63) is 95.6 Å². The van der Waals surface area contributed by atoms with Gasteiger partial charge in [-0.15, -0.1) is 0 Å². The molecular weight excluding hydrogens is 450 g/mol. The molecule has 0 radical (unpaired) electrons. The van der Waals surface area contributed by atoms with Gasteiger partial charge in [0.25, 0.3) is 0 Å². The Morgan fingerprint density at radius 2 is 1.53 bits per heavy atom. The number of rotatable bonds is 9. The van der Waals surface area contributed by atoms with Gasteiger partial charge in [-0.3, -0.25) is 4.79 Å². The number of hydrogen-bond donors (Lipinski definition) is 1. The van der Waals surface area contributed by atoms with Crippen molar-refractivity contribution in [2.45, 2.75) is 57.2 Å². The Hall–Kier alpha value is -3.16. The third kappa shape index (κ3) is 7.71. The number of ether oxygens (including phenoxy) is 1. The third-order valence-corrected chi connectivity index (χ3v) is 6.25. The van der Waals surface area contributed by atoms with Crippen molar-refractivity contribution >= 4 is 16.1 Å². The second-order valence-corrected chi connectivity index (χ2v) is 10.7. The third-order valence-electron chi connectivity index (χ3n) is 4.98. The maximum Gasteiger partial charge on any atom is 0.339 e. The van der Waals surface area contributed by atoms with E-state index in [4.69, 9.17) is 8.92 Å². The summed E-state index contributed by atoms with van der Waals surface area (Å²) in [4.78, 5) is 12.6. The van der Waals surface area contributed by atoms with Gasteiger partial charge in [0.2, 0.25) is 0 Å². The Bertz CT molecular complexity index is 1180. The molecule has 0 aromatic heterocycles. The van der Waals surface area contributed by atoms with Crippen LogP contribution in [0.15, 0.2) is 83.8 Å². The van der Waals surface area contributed by atoms with Gasteiger partial charge in [0.15, 0.2) is 0 Å². The highest BCUT2D eigenvalue weighted by Gasteiger charge is 2.22. The molecule has 180 valence electrons. The highest BCUT2D eigenvalue weighted by molar-refractivity contribution is 7.87. The molecule has 0 amide bonds. The van der Waals surface area contributed by atoms with Crippen LogP contribution in [0.2, 0.25) is 0 Å². The number of aryl methyl sites for hydroxylation is 1. The first-order valence-corrected chi connectivity index (χ1v) is 12.5. The average molecular weight is 482 g/mol. The van der Waals surface area contributed by atoms with Crippen molar-refractivity contribution in [3.8, 4) is 5.75 Å². The predicted octanol–water partition coefficient (Wildman–Crippen LogP) is 5.33. The van der Waals surface area contributed by atoms with Crippen LogP contribution in [0.1, 0.15) is 49.9 Å². The lowest BCUT2D eigenvalue weighted by Crippen LogP contribution is -2.29. The topological polar surface area (TPSA) is 81.7 Å². The molecule has 6 nitrogen and oxygen atoms in total. The Labute approximate surface area is 202 Å². The van der Waals surface area contributed by atoms with E-state index in [0.717, 1.165) is 16.7 Å². The summed E-state index contributed by atoms with van der Waals surface area (Å²) in [6, 6.07) is 22.7. The van der Waals surface area contributed by atoms with E-state index in [9.17, 15) is 13.2 Å². The van der Waals surface area contributed by atoms with E-state index in [0.29, 0.717) is 6.54 Å². The van der Waals surface area contributed by atoms with Crippen LogP contribution in [-0.2, 0) is 26.2 Å². The smallest absolute Gasteiger partial charge is 0.339 e. The summed E-state index contributed by atoms with van der Waals surface area (Å²) in [6.45, 7) is 7.94. The molecule has 0 saturated heterocycles. The van der Waals surface area contributed by atoms with Crippen molar-refractivity contribution in [1.29, 1.82) is 0 Å². The first kappa shape index (κ1) is 25.5. The van der Waals surface area contributed by atoms with Crippen LogP contribution in [0.4, 0.5) is 0 Å². The normalized spacial score (nSPS) is 12.7. The molecule has 3 rings (SSSR count). The molecule has 34 heavy (non-hydrogen) atoms. The van der Waals surface area contributed by atoms with Gasteiger partial charge in [0.05, 0.1) is 6.42 Å². The molecule has 0 aliphatic heterocycles. The zero-order valence-electron chi connectivity index (χ0n) is 19.9. The zero-order chi connectivity index (χ0) is 24.8. The summed E-state index contributed by atoms with van der Waals surface area (Å²) >= 11 is 0. The number of carbonyl (C=O) groups is 1. The zero-order valence-corrected chi connectivity index (χ0v) is 20.8. The van der Waals surface area contributed by atoms with Crippen LogP contribution >= 0.6 is 0 Å². The predicted molar refractivity (Wildman–Crippen MR) is 132 cm³/mol. The average Bonchev–Trinajstić information content (AvgIpc) is 2.77. The Morgan fingerprint density at radius 3 is 2.12 bits per heavy atom. The fraction of sp³-hybridized carbons (Fsp3) is 0.296. The Kier molecular flexibility index (Phi) is 8.12. The maximum absolute atomic E-state index is 12.6. The van der Waals surface area contributed by atoms with E-state index in [-0.39, 0.29) is 29.1 Å². The number of nitrogens with one attached hydrogen (secondary N) is 1. The second-order valence-electron chi connectivity index (χ2n) is 9.13. The number of hydrogen-bond acceptors (Lipinski definition) is 6. The molecule has 0 saturated carbocycles. The lowest BCUT2D eigenvalue weighted by molar-refractivity contribution is -0.155. The Morgan fingerprint density at radius 1 is 0.912 bits per heavy atom. The van der Waals surface area contributed by atoms with Gasteiger partial charge in [-0.1, -0.05) is 60.2 Å². The highest BCUT2D eigenvalue weighted by Crippen LogP contribution is 2.25. The van der Waals surface area contributed by atoms with Crippen molar-refractivity contribution in [1.82, 2.24) is 5.32 Å². The van der Waals surface area contributed by atoms with E-state index >= 15 is 0 Å². The molecule has 1 unspecified atom stereocenters. The first-order valence-electron chi connectivity index (χ1n) is 11.1. The van der Waals surface area contributed by atoms with Crippen LogP contribution in [0.25, 0.3) is 0 Å². The lowest BCUT2D eigenvalue weighted by Gasteiger charge is -2.23. The summed E-state index contributed by atoms with van der Waals surface area (Å²) in [5, 5.41) is 3.41. The minimum Gasteiger partial charge on any atom is -0.460 e. The molecular formula is C27H31NO5S. The SMILES string of the molecule is Cc1ccc(S(=O)(=O)Oc2ccc(C(CC(=O)OC(C)(C)C)NCc3ccccc3)cc2)cc1. The van der Waals surface area contributed by atoms with E-state index in [2.05, 4.69) is 5.32 Å². The van der Waals surface area contributed by atoms with Crippen LogP contribution in [0.5, 0.6) is 5.75 Å². The minimum absolute atomic E-state index is 0.0921. The highest BCUT2D eigenvalue weighted by atomic mass is 32.2. The van der Waals surface area contributed by atoms with Crippen molar-refractivity contribution < 1.29 is 22.1 Å². The summed E-state index contributed by atoms with van der Waals surface area (Å²) in [5.74, 6) is -0.122.